The van der Waals surface area contributed by atoms with E-state index in [1.807, 2.05) is 0 Å². The highest BCUT2D eigenvalue weighted by molar-refractivity contribution is 5.78. The predicted molar refractivity (Wildman–Crippen MR) is 38.7 cm³/mol. The predicted octanol–water partition coefficient (Wildman–Crippen LogP) is -0.307. The summed E-state index contributed by atoms with van der Waals surface area (Å²) in [6.07, 6.45) is 3.19. The van der Waals surface area contributed by atoms with Gasteiger partial charge in [-0.3, -0.25) is 4.68 Å². The largest absolute Gasteiger partial charge is 0.479 e. The molecule has 0 amide bonds. The second-order valence-electron chi connectivity index (χ2n) is 2.78. The third-order valence-corrected chi connectivity index (χ3v) is 2.02. The average molecular weight is 168 g/mol. The van der Waals surface area contributed by atoms with Crippen molar-refractivity contribution < 1.29 is 14.6 Å². The Morgan fingerprint density at radius 3 is 2.75 bits per heavy atom. The molecule has 1 fully saturated rings. The molecule has 0 spiro atoms. The molecule has 64 valence electrons. The summed E-state index contributed by atoms with van der Waals surface area (Å²) in [4.78, 5) is 10.9. The van der Waals surface area contributed by atoms with Crippen LogP contribution in [0.15, 0.2) is 18.5 Å². The molecule has 5 heteroatoms. The quantitative estimate of drug-likeness (QED) is 0.658. The van der Waals surface area contributed by atoms with Gasteiger partial charge in [0.15, 0.2) is 0 Å². The fraction of sp³-hybridized carbons (Fsp3) is 0.429. The number of ether oxygens (including phenoxy) is 1. The standard InChI is InChI=1S/C7H8N2O3/c10-6(11)7(4-12-5-7)9-3-1-2-8-9/h1-3H,4-5H2,(H,10,11). The van der Waals surface area contributed by atoms with Crippen molar-refractivity contribution in [2.45, 2.75) is 5.54 Å². The Bertz CT molecular complexity index is 290. The van der Waals surface area contributed by atoms with Crippen molar-refractivity contribution in [3.8, 4) is 0 Å². The lowest BCUT2D eigenvalue weighted by Gasteiger charge is -2.37. The molecule has 0 bridgehead atoms. The maximum atomic E-state index is 10.9. The summed E-state index contributed by atoms with van der Waals surface area (Å²) in [7, 11) is 0. The number of carboxylic acids is 1. The monoisotopic (exact) mass is 168 g/mol. The van der Waals surface area contributed by atoms with E-state index in [0.717, 1.165) is 0 Å². The first-order valence-electron chi connectivity index (χ1n) is 3.57. The van der Waals surface area contributed by atoms with Crippen LogP contribution >= 0.6 is 0 Å². The van der Waals surface area contributed by atoms with Crippen LogP contribution in [0, 0.1) is 0 Å². The molecule has 1 aromatic heterocycles. The third kappa shape index (κ3) is 0.767. The van der Waals surface area contributed by atoms with Gasteiger partial charge in [-0.15, -0.1) is 0 Å². The molecule has 12 heavy (non-hydrogen) atoms. The highest BCUT2D eigenvalue weighted by atomic mass is 16.5. The molecule has 2 heterocycles. The van der Waals surface area contributed by atoms with Gasteiger partial charge in [-0.05, 0) is 6.07 Å². The summed E-state index contributed by atoms with van der Waals surface area (Å²) in [5, 5.41) is 12.8. The Labute approximate surface area is 68.6 Å². The van der Waals surface area contributed by atoms with E-state index in [0.29, 0.717) is 0 Å². The first-order chi connectivity index (χ1) is 5.76. The highest BCUT2D eigenvalue weighted by Gasteiger charge is 2.48. The fourth-order valence-electron chi connectivity index (χ4n) is 1.17. The van der Waals surface area contributed by atoms with Crippen LogP contribution in [-0.2, 0) is 15.1 Å². The molecule has 0 aliphatic carbocycles. The summed E-state index contributed by atoms with van der Waals surface area (Å²) in [5.74, 6) is -0.891. The summed E-state index contributed by atoms with van der Waals surface area (Å²) in [6, 6.07) is 1.70. The Balaban J connectivity index is 2.35. The normalized spacial score (nSPS) is 20.0. The number of aromatic nitrogens is 2. The van der Waals surface area contributed by atoms with Crippen LogP contribution in [0.5, 0.6) is 0 Å². The number of hydrogen-bond acceptors (Lipinski definition) is 3. The van der Waals surface area contributed by atoms with Gasteiger partial charge in [0, 0.05) is 12.4 Å². The van der Waals surface area contributed by atoms with Crippen LogP contribution in [0.4, 0.5) is 0 Å². The van der Waals surface area contributed by atoms with Crippen molar-refractivity contribution in [2.75, 3.05) is 13.2 Å². The van der Waals surface area contributed by atoms with Crippen molar-refractivity contribution in [2.24, 2.45) is 0 Å². The zero-order valence-corrected chi connectivity index (χ0v) is 6.30. The maximum Gasteiger partial charge on any atom is 0.336 e. The Morgan fingerprint density at radius 1 is 1.67 bits per heavy atom. The highest BCUT2D eigenvalue weighted by Crippen LogP contribution is 2.25. The first-order valence-corrected chi connectivity index (χ1v) is 3.57. The summed E-state index contributed by atoms with van der Waals surface area (Å²) in [6.45, 7) is 0.397. The van der Waals surface area contributed by atoms with Gasteiger partial charge in [0.25, 0.3) is 0 Å². The maximum absolute atomic E-state index is 10.9. The average Bonchev–Trinajstić information content (AvgIpc) is 2.35. The number of aliphatic carboxylic acids is 1. The van der Waals surface area contributed by atoms with E-state index in [1.165, 1.54) is 4.68 Å². The number of hydrogen-bond donors (Lipinski definition) is 1. The second kappa shape index (κ2) is 2.31. The van der Waals surface area contributed by atoms with Crippen LogP contribution in [0.2, 0.25) is 0 Å². The minimum absolute atomic E-state index is 0.198. The van der Waals surface area contributed by atoms with Crippen molar-refractivity contribution in [1.29, 1.82) is 0 Å². The van der Waals surface area contributed by atoms with E-state index in [1.54, 1.807) is 18.5 Å². The van der Waals surface area contributed by atoms with Crippen LogP contribution in [-0.4, -0.2) is 34.1 Å². The molecule has 0 saturated carbocycles. The molecular weight excluding hydrogens is 160 g/mol. The molecule has 0 aromatic carbocycles. The van der Waals surface area contributed by atoms with Gasteiger partial charge in [-0.25, -0.2) is 4.79 Å². The van der Waals surface area contributed by atoms with Crippen molar-refractivity contribution in [1.82, 2.24) is 9.78 Å². The smallest absolute Gasteiger partial charge is 0.336 e. The molecular formula is C7H8N2O3. The molecule has 2 rings (SSSR count). The van der Waals surface area contributed by atoms with Gasteiger partial charge in [0.05, 0.1) is 13.2 Å². The van der Waals surface area contributed by atoms with Gasteiger partial charge in [0.1, 0.15) is 0 Å². The SMILES string of the molecule is O=C(O)C1(n2cccn2)COC1. The van der Waals surface area contributed by atoms with Gasteiger partial charge in [-0.2, -0.15) is 5.10 Å². The minimum Gasteiger partial charge on any atom is -0.479 e. The summed E-state index contributed by atoms with van der Waals surface area (Å²) >= 11 is 0. The Kier molecular flexibility index (Phi) is 1.41. The molecule has 1 aliphatic heterocycles. The number of nitrogens with zero attached hydrogens (tertiary/aromatic N) is 2. The summed E-state index contributed by atoms with van der Waals surface area (Å²) in [5.41, 5.74) is -0.955. The zero-order chi connectivity index (χ0) is 8.60. The van der Waals surface area contributed by atoms with Crippen molar-refractivity contribution in [3.05, 3.63) is 18.5 Å². The van der Waals surface area contributed by atoms with Crippen LogP contribution in [0.25, 0.3) is 0 Å². The lowest BCUT2D eigenvalue weighted by atomic mass is 9.98. The van der Waals surface area contributed by atoms with Gasteiger partial charge < -0.3 is 9.84 Å². The van der Waals surface area contributed by atoms with Gasteiger partial charge in [-0.1, -0.05) is 0 Å². The van der Waals surface area contributed by atoms with Crippen molar-refractivity contribution >= 4 is 5.97 Å². The lowest BCUT2D eigenvalue weighted by Crippen LogP contribution is -2.57. The molecule has 1 saturated heterocycles. The lowest BCUT2D eigenvalue weighted by molar-refractivity contribution is -0.176. The van der Waals surface area contributed by atoms with E-state index in [2.05, 4.69) is 5.10 Å². The second-order valence-corrected chi connectivity index (χ2v) is 2.78. The Hall–Kier alpha value is -1.36. The van der Waals surface area contributed by atoms with E-state index in [-0.39, 0.29) is 13.2 Å². The molecule has 1 aliphatic rings. The van der Waals surface area contributed by atoms with Crippen molar-refractivity contribution in [3.63, 3.8) is 0 Å². The van der Waals surface area contributed by atoms with E-state index in [9.17, 15) is 4.79 Å². The number of carboxylic acid groups (broad SMARTS) is 1. The zero-order valence-electron chi connectivity index (χ0n) is 6.30. The number of carbonyl (C=O) groups is 1. The van der Waals surface area contributed by atoms with Gasteiger partial charge in [0.2, 0.25) is 5.54 Å². The third-order valence-electron chi connectivity index (χ3n) is 2.02. The van der Waals surface area contributed by atoms with Gasteiger partial charge >= 0.3 is 5.97 Å². The molecule has 1 N–H and O–H groups in total. The summed E-state index contributed by atoms with van der Waals surface area (Å²) < 4.78 is 6.31. The molecule has 0 atom stereocenters. The van der Waals surface area contributed by atoms with E-state index < -0.39 is 11.5 Å². The van der Waals surface area contributed by atoms with Crippen LogP contribution in [0.3, 0.4) is 0 Å². The molecule has 5 nitrogen and oxygen atoms in total. The minimum atomic E-state index is -0.955. The molecule has 0 radical (unpaired) electrons. The fourth-order valence-corrected chi connectivity index (χ4v) is 1.17. The van der Waals surface area contributed by atoms with E-state index >= 15 is 0 Å². The Morgan fingerprint density at radius 2 is 2.42 bits per heavy atom. The van der Waals surface area contributed by atoms with Crippen LogP contribution < -0.4 is 0 Å². The van der Waals surface area contributed by atoms with Crippen LogP contribution in [0.1, 0.15) is 0 Å². The molecule has 0 unspecified atom stereocenters. The molecule has 1 aromatic rings. The first kappa shape index (κ1) is 7.30. The number of rotatable bonds is 2. The topological polar surface area (TPSA) is 64.3 Å². The van der Waals surface area contributed by atoms with E-state index in [4.69, 9.17) is 9.84 Å².